The van der Waals surface area contributed by atoms with Crippen molar-refractivity contribution in [3.8, 4) is 0 Å². The summed E-state index contributed by atoms with van der Waals surface area (Å²) in [4.78, 5) is 13.5. The van der Waals surface area contributed by atoms with E-state index in [1.54, 1.807) is 0 Å². The fraction of sp³-hybridized carbons (Fsp3) is 0.565. The number of carbonyl (C=O) groups excluding carboxylic acids is 1. The average Bonchev–Trinajstić information content (AvgIpc) is 3.04. The first-order valence-electron chi connectivity index (χ1n) is 10.3. The normalized spacial score (nSPS) is 17.0. The molecule has 0 radical (unpaired) electrons. The number of aryl methyl sites for hydroxylation is 3. The lowest BCUT2D eigenvalue weighted by atomic mass is 9.91. The van der Waals surface area contributed by atoms with Crippen LogP contribution < -0.4 is 17.0 Å². The lowest BCUT2D eigenvalue weighted by Crippen LogP contribution is -3.00. The summed E-state index contributed by atoms with van der Waals surface area (Å²) >= 11 is 0. The number of benzene rings is 1. The molecular formula is C23H33BrN2O2. The van der Waals surface area contributed by atoms with Crippen LogP contribution in [0, 0.1) is 20.8 Å². The Bertz CT molecular complexity index is 773. The van der Waals surface area contributed by atoms with Gasteiger partial charge in [-0.05, 0) is 56.7 Å². The number of Topliss-reactive ketones (excluding diaryl/α,β-unsaturated/α-hetero) is 1. The topological polar surface area (TPSA) is 43.1 Å². The van der Waals surface area contributed by atoms with Crippen LogP contribution in [0.4, 0.5) is 0 Å². The number of ketones is 1. The van der Waals surface area contributed by atoms with Crippen LogP contribution in [0.5, 0.6) is 0 Å². The molecule has 0 aliphatic carbocycles. The molecule has 1 aromatic heterocycles. The monoisotopic (exact) mass is 448 g/mol. The van der Waals surface area contributed by atoms with E-state index in [0.717, 1.165) is 42.0 Å². The third-order valence-electron chi connectivity index (χ3n) is 6.28. The highest BCUT2D eigenvalue weighted by atomic mass is 79.9. The second kappa shape index (κ2) is 9.84. The molecule has 1 aliphatic rings. The zero-order valence-corrected chi connectivity index (χ0v) is 19.2. The lowest BCUT2D eigenvalue weighted by Gasteiger charge is -2.46. The van der Waals surface area contributed by atoms with Crippen molar-refractivity contribution in [3.05, 3.63) is 52.4 Å². The van der Waals surface area contributed by atoms with Crippen molar-refractivity contribution in [2.24, 2.45) is 0 Å². The third kappa shape index (κ3) is 4.93. The Morgan fingerprint density at radius 2 is 1.79 bits per heavy atom. The number of hydrogen-bond donors (Lipinski definition) is 0. The number of carbonyl (C=O) groups is 1. The largest absolute Gasteiger partial charge is 1.00 e. The molecule has 2 heterocycles. The van der Waals surface area contributed by atoms with E-state index < -0.39 is 0 Å². The van der Waals surface area contributed by atoms with E-state index >= 15 is 0 Å². The minimum absolute atomic E-state index is 0. The molecule has 0 bridgehead atoms. The maximum atomic E-state index is 13.5. The Labute approximate surface area is 179 Å². The van der Waals surface area contributed by atoms with Crippen molar-refractivity contribution in [1.82, 2.24) is 5.16 Å². The molecule has 1 aliphatic heterocycles. The zero-order chi connectivity index (χ0) is 19.4. The molecule has 5 heteroatoms. The van der Waals surface area contributed by atoms with Gasteiger partial charge in [0.2, 0.25) is 0 Å². The van der Waals surface area contributed by atoms with Gasteiger partial charge in [-0.25, -0.2) is 0 Å². The van der Waals surface area contributed by atoms with Crippen LogP contribution in [0.15, 0.2) is 28.8 Å². The second-order valence-electron chi connectivity index (χ2n) is 8.25. The van der Waals surface area contributed by atoms with Crippen molar-refractivity contribution < 1.29 is 30.8 Å². The number of aromatic nitrogens is 1. The van der Waals surface area contributed by atoms with E-state index in [1.165, 1.54) is 36.0 Å². The fourth-order valence-electron chi connectivity index (χ4n) is 4.88. The van der Waals surface area contributed by atoms with Gasteiger partial charge < -0.3 is 26.0 Å². The zero-order valence-electron chi connectivity index (χ0n) is 17.6. The molecule has 4 nitrogen and oxygen atoms in total. The van der Waals surface area contributed by atoms with Crippen molar-refractivity contribution in [1.29, 1.82) is 0 Å². The van der Waals surface area contributed by atoms with Crippen molar-refractivity contribution in [3.63, 3.8) is 0 Å². The highest BCUT2D eigenvalue weighted by Gasteiger charge is 2.42. The molecule has 0 amide bonds. The first-order chi connectivity index (χ1) is 12.9. The number of likely N-dealkylation sites (tertiary alicyclic amines) is 1. The summed E-state index contributed by atoms with van der Waals surface area (Å²) in [5.74, 6) is 1.21. The van der Waals surface area contributed by atoms with Crippen LogP contribution >= 0.6 is 0 Å². The van der Waals surface area contributed by atoms with Gasteiger partial charge in [0.1, 0.15) is 24.0 Å². The first-order valence-corrected chi connectivity index (χ1v) is 10.3. The van der Waals surface area contributed by atoms with Crippen LogP contribution in [0.25, 0.3) is 0 Å². The van der Waals surface area contributed by atoms with Gasteiger partial charge in [-0.3, -0.25) is 4.79 Å². The van der Waals surface area contributed by atoms with Crippen LogP contribution in [-0.2, 0) is 17.8 Å². The lowest BCUT2D eigenvalue weighted by molar-refractivity contribution is -0.959. The molecule has 0 saturated carbocycles. The van der Waals surface area contributed by atoms with Crippen LogP contribution in [-0.4, -0.2) is 34.6 Å². The third-order valence-corrected chi connectivity index (χ3v) is 6.28. The van der Waals surface area contributed by atoms with E-state index in [-0.39, 0.29) is 23.0 Å². The summed E-state index contributed by atoms with van der Waals surface area (Å²) in [5.41, 5.74) is 4.62. The standard InChI is InChI=1S/C23H33N2O2.BrH/c1-5-22(23(26)15-21-17(2)10-9-11-18(21)3)25(12-7-6-8-13-25)16-20-14-19(4)27-24-20;/h9-11,14,22H,5-8,12-13,15-16H2,1-4H3;1H/q+1;/p-1. The molecule has 1 fully saturated rings. The summed E-state index contributed by atoms with van der Waals surface area (Å²) in [6.45, 7) is 11.2. The SMILES string of the molecule is CCC(C(=O)Cc1c(C)cccc1C)[N+]1(Cc2cc(C)on2)CCCCC1.[Br-]. The molecule has 3 rings (SSSR count). The molecule has 2 aromatic rings. The molecule has 1 aromatic carbocycles. The smallest absolute Gasteiger partial charge is 0.194 e. The number of rotatable bonds is 7. The number of nitrogens with zero attached hydrogens (tertiary/aromatic N) is 2. The summed E-state index contributed by atoms with van der Waals surface area (Å²) in [6, 6.07) is 8.35. The van der Waals surface area contributed by atoms with Crippen molar-refractivity contribution >= 4 is 5.78 Å². The highest BCUT2D eigenvalue weighted by Crippen LogP contribution is 2.30. The molecule has 0 N–H and O–H groups in total. The predicted molar refractivity (Wildman–Crippen MR) is 107 cm³/mol. The summed E-state index contributed by atoms with van der Waals surface area (Å²) in [6.07, 6.45) is 5.04. The maximum Gasteiger partial charge on any atom is 0.194 e. The van der Waals surface area contributed by atoms with Crippen LogP contribution in [0.1, 0.15) is 60.8 Å². The highest BCUT2D eigenvalue weighted by molar-refractivity contribution is 5.85. The van der Waals surface area contributed by atoms with E-state index in [2.05, 4.69) is 44.1 Å². The summed E-state index contributed by atoms with van der Waals surface area (Å²) < 4.78 is 6.15. The van der Waals surface area contributed by atoms with Gasteiger partial charge in [0, 0.05) is 18.9 Å². The van der Waals surface area contributed by atoms with Gasteiger partial charge in [0.25, 0.3) is 0 Å². The molecule has 154 valence electrons. The van der Waals surface area contributed by atoms with E-state index in [0.29, 0.717) is 12.2 Å². The van der Waals surface area contributed by atoms with Gasteiger partial charge in [-0.1, -0.05) is 30.3 Å². The summed E-state index contributed by atoms with van der Waals surface area (Å²) in [5, 5.41) is 4.24. The van der Waals surface area contributed by atoms with Crippen molar-refractivity contribution in [2.45, 2.75) is 72.4 Å². The van der Waals surface area contributed by atoms with Crippen molar-refractivity contribution in [2.75, 3.05) is 13.1 Å². The summed E-state index contributed by atoms with van der Waals surface area (Å²) in [7, 11) is 0. The molecule has 1 saturated heterocycles. The Kier molecular flexibility index (Phi) is 8.02. The van der Waals surface area contributed by atoms with E-state index in [9.17, 15) is 4.79 Å². The molecule has 1 unspecified atom stereocenters. The molecular weight excluding hydrogens is 416 g/mol. The number of quaternary nitrogens is 1. The second-order valence-corrected chi connectivity index (χ2v) is 8.25. The quantitative estimate of drug-likeness (QED) is 0.605. The van der Waals surface area contributed by atoms with Gasteiger partial charge in [-0.15, -0.1) is 0 Å². The van der Waals surface area contributed by atoms with Gasteiger partial charge >= 0.3 is 0 Å². The fourth-order valence-corrected chi connectivity index (χ4v) is 4.88. The van der Waals surface area contributed by atoms with Crippen LogP contribution in [0.3, 0.4) is 0 Å². The number of piperidine rings is 1. The Hall–Kier alpha value is -1.46. The first kappa shape index (κ1) is 22.8. The number of halogens is 1. The Morgan fingerprint density at radius 3 is 2.32 bits per heavy atom. The predicted octanol–water partition coefficient (Wildman–Crippen LogP) is 1.69. The van der Waals surface area contributed by atoms with Gasteiger partial charge in [-0.2, -0.15) is 0 Å². The Morgan fingerprint density at radius 1 is 1.14 bits per heavy atom. The minimum Gasteiger partial charge on any atom is -1.00 e. The van der Waals surface area contributed by atoms with E-state index in [4.69, 9.17) is 4.52 Å². The minimum atomic E-state index is 0. The molecule has 1 atom stereocenters. The average molecular weight is 449 g/mol. The number of hydrogen-bond acceptors (Lipinski definition) is 3. The van der Waals surface area contributed by atoms with E-state index in [1.807, 2.05) is 13.0 Å². The molecule has 28 heavy (non-hydrogen) atoms. The van der Waals surface area contributed by atoms with Gasteiger partial charge in [0.15, 0.2) is 5.78 Å². The van der Waals surface area contributed by atoms with Crippen LogP contribution in [0.2, 0.25) is 0 Å². The maximum absolute atomic E-state index is 13.5. The molecule has 0 spiro atoms. The Balaban J connectivity index is 0.00000280. The van der Waals surface area contributed by atoms with Gasteiger partial charge in [0.05, 0.1) is 13.1 Å².